The number of likely N-dealkylation sites (tertiary alicyclic amines) is 1. The van der Waals surface area contributed by atoms with Crippen LogP contribution in [0.1, 0.15) is 71.1 Å². The molecular formula is C56H72N8O20. The molecular weight excluding hydrogens is 1100 g/mol. The second-order valence-electron chi connectivity index (χ2n) is 20.1. The van der Waals surface area contributed by atoms with E-state index >= 15 is 4.79 Å². The second-order valence-corrected chi connectivity index (χ2v) is 20.1. The van der Waals surface area contributed by atoms with Gasteiger partial charge >= 0.3 is 23.9 Å². The van der Waals surface area contributed by atoms with Gasteiger partial charge in [0, 0.05) is 47.1 Å². The fourth-order valence-electron chi connectivity index (χ4n) is 9.27. The minimum atomic E-state index is -1.98. The summed E-state index contributed by atoms with van der Waals surface area (Å²) in [5, 5.41) is 42.3. The molecule has 0 radical (unpaired) electrons. The van der Waals surface area contributed by atoms with Gasteiger partial charge < -0.3 is 86.7 Å². The van der Waals surface area contributed by atoms with Gasteiger partial charge in [0.2, 0.25) is 41.4 Å². The molecule has 13 atom stereocenters. The van der Waals surface area contributed by atoms with Crippen molar-refractivity contribution >= 4 is 65.2 Å². The highest BCUT2D eigenvalue weighted by Crippen LogP contribution is 2.31. The Labute approximate surface area is 482 Å². The molecule has 12 N–H and O–H groups in total. The lowest BCUT2D eigenvalue weighted by Gasteiger charge is -2.45. The highest BCUT2D eigenvalue weighted by atomic mass is 16.7. The zero-order valence-corrected chi connectivity index (χ0v) is 47.1. The standard InChI is InChI=1S/C56H72N8O20/c1-28(59-51(74)39(57)23-35-14-18-37(70)19-15-35)50(73)60-40(24-34-11-8-7-9-12-34)52(75)63-45(29(2)80-56-48(83-33(6)69)47(82-32(5)68)46(81-31(4)67)44(84-56)27-79-30(3)66)54(77)61-41(25-36-16-20-38(71)21-17-36)55(78)64-22-10-13-43(64)53(76)62-42(26-65)49(58)72/h7-9,11-12,14-21,28-29,39-48,56,65,70-71H,10,13,22-27,57H2,1-6H3,(H2,58,72)(H,59,74)(H,60,73)(H,61,77)(H,62,76)(H,63,75)/t28-,29-,39+,40+,41+,42+,43+,44?,45+,46?,47?,48?,56?/m1/s1. The van der Waals surface area contributed by atoms with Crippen LogP contribution in [0.25, 0.3) is 0 Å². The van der Waals surface area contributed by atoms with Crippen molar-refractivity contribution in [3.8, 4) is 11.5 Å². The van der Waals surface area contributed by atoms with Gasteiger partial charge in [0.25, 0.3) is 0 Å². The van der Waals surface area contributed by atoms with Crippen molar-refractivity contribution in [2.45, 2.75) is 153 Å². The summed E-state index contributed by atoms with van der Waals surface area (Å²) in [7, 11) is 0. The number of rotatable bonds is 27. The number of aliphatic hydroxyl groups excluding tert-OH is 1. The van der Waals surface area contributed by atoms with E-state index in [0.717, 1.165) is 32.6 Å². The van der Waals surface area contributed by atoms with E-state index < -0.39 is 158 Å². The van der Waals surface area contributed by atoms with E-state index in [1.807, 2.05) is 0 Å². The number of nitrogens with zero attached hydrogens (tertiary/aromatic N) is 1. The molecule has 0 saturated carbocycles. The van der Waals surface area contributed by atoms with Gasteiger partial charge in [0.05, 0.1) is 18.8 Å². The normalized spacial score (nSPS) is 20.8. The Hall–Kier alpha value is -8.73. The highest BCUT2D eigenvalue weighted by Gasteiger charge is 2.54. The summed E-state index contributed by atoms with van der Waals surface area (Å²) in [6.07, 6.45) is -10.5. The van der Waals surface area contributed by atoms with E-state index in [-0.39, 0.29) is 50.1 Å². The average Bonchev–Trinajstić information content (AvgIpc) is 4.08. The molecule has 2 aliphatic rings. The van der Waals surface area contributed by atoms with Gasteiger partial charge in [-0.2, -0.15) is 0 Å². The molecule has 28 nitrogen and oxygen atoms in total. The monoisotopic (exact) mass is 1180 g/mol. The zero-order valence-electron chi connectivity index (χ0n) is 47.1. The van der Waals surface area contributed by atoms with Crippen LogP contribution in [0.5, 0.6) is 11.5 Å². The highest BCUT2D eigenvalue weighted by molar-refractivity contribution is 5.98. The molecule has 2 saturated heterocycles. The molecule has 5 unspecified atom stereocenters. The van der Waals surface area contributed by atoms with Gasteiger partial charge in [0.1, 0.15) is 60.5 Å². The van der Waals surface area contributed by atoms with Crippen molar-refractivity contribution in [3.05, 3.63) is 95.6 Å². The molecule has 2 aliphatic heterocycles. The summed E-state index contributed by atoms with van der Waals surface area (Å²) in [4.78, 5) is 149. The Balaban J connectivity index is 1.57. The van der Waals surface area contributed by atoms with Crippen molar-refractivity contribution in [3.63, 3.8) is 0 Å². The van der Waals surface area contributed by atoms with Crippen LogP contribution >= 0.6 is 0 Å². The number of nitrogens with two attached hydrogens (primary N) is 2. The molecule has 84 heavy (non-hydrogen) atoms. The lowest BCUT2D eigenvalue weighted by Crippen LogP contribution is -2.65. The zero-order chi connectivity index (χ0) is 61.9. The fraction of sp³-hybridized carbons (Fsp3) is 0.482. The first-order chi connectivity index (χ1) is 39.7. The van der Waals surface area contributed by atoms with Gasteiger partial charge in [-0.15, -0.1) is 0 Å². The second kappa shape index (κ2) is 31.1. The lowest BCUT2D eigenvalue weighted by atomic mass is 9.97. The largest absolute Gasteiger partial charge is 0.508 e. The molecule has 28 heteroatoms. The maximum Gasteiger partial charge on any atom is 0.303 e. The number of carbonyl (C=O) groups excluding carboxylic acids is 11. The summed E-state index contributed by atoms with van der Waals surface area (Å²) in [6, 6.07) is 9.40. The summed E-state index contributed by atoms with van der Waals surface area (Å²) in [6.45, 7) is 5.08. The third-order valence-electron chi connectivity index (χ3n) is 13.4. The van der Waals surface area contributed by atoms with Crippen LogP contribution in [0.3, 0.4) is 0 Å². The number of phenols is 2. The number of primary amides is 1. The number of ether oxygens (including phenoxy) is 6. The van der Waals surface area contributed by atoms with Crippen molar-refractivity contribution in [2.75, 3.05) is 19.8 Å². The molecule has 2 fully saturated rings. The first-order valence-corrected chi connectivity index (χ1v) is 26.8. The van der Waals surface area contributed by atoms with Crippen molar-refractivity contribution in [2.24, 2.45) is 11.5 Å². The van der Waals surface area contributed by atoms with Crippen molar-refractivity contribution in [1.29, 1.82) is 0 Å². The number of benzene rings is 3. The van der Waals surface area contributed by atoms with Crippen LogP contribution < -0.4 is 38.1 Å². The Kier molecular flexibility index (Phi) is 24.4. The first-order valence-electron chi connectivity index (χ1n) is 26.8. The molecule has 0 spiro atoms. The number of carbonyl (C=O) groups is 11. The van der Waals surface area contributed by atoms with Gasteiger partial charge in [-0.1, -0.05) is 54.6 Å². The van der Waals surface area contributed by atoms with E-state index in [2.05, 4.69) is 26.6 Å². The Morgan fingerprint density at radius 1 is 0.619 bits per heavy atom. The van der Waals surface area contributed by atoms with E-state index in [9.17, 15) is 63.3 Å². The van der Waals surface area contributed by atoms with Gasteiger partial charge in [0.15, 0.2) is 24.6 Å². The SMILES string of the molecule is CC(=O)OCC1OC(O[C@H](C)[C@H](NC(=O)[C@H](Cc2ccccc2)NC(=O)[C@@H](C)NC(=O)[C@@H](N)Cc2ccc(O)cc2)C(=O)N[C@@H](Cc2ccc(O)cc2)C(=O)N2CCC[C@H]2C(=O)N[C@@H](CO)C(N)=O)C(OC(C)=O)C(OC(C)=O)C1OC(C)=O. The smallest absolute Gasteiger partial charge is 0.303 e. The number of phenolic OH excluding ortho intramolecular Hbond substituents is 2. The molecule has 3 aromatic rings. The predicted molar refractivity (Wildman–Crippen MR) is 291 cm³/mol. The maximum absolute atomic E-state index is 15.3. The van der Waals surface area contributed by atoms with E-state index in [4.69, 9.17) is 39.9 Å². The van der Waals surface area contributed by atoms with Gasteiger partial charge in [-0.05, 0) is 74.1 Å². The number of aromatic hydroxyl groups is 2. The number of aliphatic hydroxyl groups is 1. The van der Waals surface area contributed by atoms with Crippen LogP contribution in [0.4, 0.5) is 0 Å². The quantitative estimate of drug-likeness (QED) is 0.0287. The van der Waals surface area contributed by atoms with E-state index in [1.54, 1.807) is 42.5 Å². The predicted octanol–water partition coefficient (Wildman–Crippen LogP) is -2.15. The van der Waals surface area contributed by atoms with Gasteiger partial charge in [-0.25, -0.2) is 0 Å². The number of hydrogen-bond acceptors (Lipinski definition) is 21. The van der Waals surface area contributed by atoms with Crippen molar-refractivity contribution in [1.82, 2.24) is 31.5 Å². The third kappa shape index (κ3) is 19.4. The third-order valence-corrected chi connectivity index (χ3v) is 13.4. The average molecular weight is 1180 g/mol. The molecule has 0 aliphatic carbocycles. The summed E-state index contributed by atoms with van der Waals surface area (Å²) >= 11 is 0. The van der Waals surface area contributed by atoms with E-state index in [0.29, 0.717) is 16.7 Å². The molecule has 456 valence electrons. The molecule has 3 aromatic carbocycles. The fourth-order valence-corrected chi connectivity index (χ4v) is 9.27. The first kappa shape index (κ1) is 66.1. The minimum absolute atomic E-state index is 0.00514. The summed E-state index contributed by atoms with van der Waals surface area (Å²) in [5.41, 5.74) is 13.0. The number of nitrogens with one attached hydrogen (secondary N) is 5. The maximum atomic E-state index is 15.3. The Morgan fingerprint density at radius 3 is 1.71 bits per heavy atom. The molecule has 5 rings (SSSR count). The minimum Gasteiger partial charge on any atom is -0.508 e. The Morgan fingerprint density at radius 2 is 1.15 bits per heavy atom. The number of esters is 4. The molecule has 0 bridgehead atoms. The van der Waals surface area contributed by atoms with E-state index in [1.165, 1.54) is 50.2 Å². The van der Waals surface area contributed by atoms with Crippen LogP contribution in [-0.2, 0) is 100 Å². The summed E-state index contributed by atoms with van der Waals surface area (Å²) in [5.74, 6) is -10.5. The van der Waals surface area contributed by atoms with Crippen LogP contribution in [0.15, 0.2) is 78.9 Å². The van der Waals surface area contributed by atoms with Gasteiger partial charge in [-0.3, -0.25) is 52.7 Å². The van der Waals surface area contributed by atoms with Crippen LogP contribution in [-0.4, -0.2) is 184 Å². The molecule has 7 amide bonds. The topological polar surface area (TPSA) is 419 Å². The number of amides is 7. The van der Waals surface area contributed by atoms with Crippen LogP contribution in [0, 0.1) is 0 Å². The summed E-state index contributed by atoms with van der Waals surface area (Å²) < 4.78 is 34.4. The number of hydrogen-bond donors (Lipinski definition) is 10. The van der Waals surface area contributed by atoms with Crippen LogP contribution in [0.2, 0.25) is 0 Å². The van der Waals surface area contributed by atoms with Crippen molar-refractivity contribution < 1.29 is 96.5 Å². The molecule has 2 heterocycles. The molecule has 0 aromatic heterocycles. The Bertz CT molecular complexity index is 2820. The lowest BCUT2D eigenvalue weighted by molar-refractivity contribution is -0.316.